The van der Waals surface area contributed by atoms with Gasteiger partial charge in [-0.15, -0.1) is 0 Å². The molecule has 0 aromatic heterocycles. The predicted molar refractivity (Wildman–Crippen MR) is 229 cm³/mol. The first-order valence-corrected chi connectivity index (χ1v) is 22.6. The van der Waals surface area contributed by atoms with Gasteiger partial charge in [0, 0.05) is 115 Å². The van der Waals surface area contributed by atoms with Crippen molar-refractivity contribution in [2.45, 2.75) is 88.0 Å². The molecule has 4 aliphatic heterocycles. The van der Waals surface area contributed by atoms with E-state index in [1.54, 1.807) is 9.80 Å². The molecule has 0 aliphatic carbocycles. The van der Waals surface area contributed by atoms with E-state index in [0.717, 1.165) is 59.7 Å². The minimum absolute atomic E-state index is 0.0955. The number of carboxylic acids is 2. The summed E-state index contributed by atoms with van der Waals surface area (Å²) in [4.78, 5) is 51.6. The lowest BCUT2D eigenvalue weighted by atomic mass is 10.1. The summed E-state index contributed by atoms with van der Waals surface area (Å²) in [6.45, 7) is 2.44. The number of aliphatic carboxylic acids is 2. The average molecular weight is 1130 g/mol. The van der Waals surface area contributed by atoms with Crippen molar-refractivity contribution in [2.24, 2.45) is 0 Å². The van der Waals surface area contributed by atoms with E-state index >= 15 is 0 Å². The van der Waals surface area contributed by atoms with Gasteiger partial charge in [0.25, 0.3) is 12.2 Å². The van der Waals surface area contributed by atoms with Crippen LogP contribution in [0.2, 0.25) is 0 Å². The summed E-state index contributed by atoms with van der Waals surface area (Å²) in [6.07, 6.45) is -39.7. The summed E-state index contributed by atoms with van der Waals surface area (Å²) in [5.74, 6) is -2.51. The fourth-order valence-electron chi connectivity index (χ4n) is 8.04. The van der Waals surface area contributed by atoms with Gasteiger partial charge in [-0.2, -0.15) is 79.0 Å². The fourth-order valence-corrected chi connectivity index (χ4v) is 8.04. The van der Waals surface area contributed by atoms with Crippen LogP contribution >= 0.6 is 0 Å². The second kappa shape index (κ2) is 25.4. The minimum atomic E-state index is -5.80. The van der Waals surface area contributed by atoms with Gasteiger partial charge in [-0.1, -0.05) is 12.1 Å². The number of halogens is 18. The van der Waals surface area contributed by atoms with Crippen LogP contribution in [0.1, 0.15) is 47.9 Å². The maximum Gasteiger partial charge on any atom is 0.434 e. The second-order valence-corrected chi connectivity index (χ2v) is 17.3. The Hall–Kier alpha value is -6.08. The number of nitrogens with zero attached hydrogens (tertiary/aromatic N) is 6. The Bertz CT molecular complexity index is 2110. The van der Waals surface area contributed by atoms with E-state index in [4.69, 9.17) is 10.2 Å². The molecule has 76 heavy (non-hydrogen) atoms. The van der Waals surface area contributed by atoms with Crippen molar-refractivity contribution in [2.75, 3.05) is 88.3 Å². The fraction of sp³-hybridized carbons (Fsp3) is 0.591. The first-order chi connectivity index (χ1) is 34.9. The first kappa shape index (κ1) is 62.5. The molecule has 2 amide bonds. The van der Waals surface area contributed by atoms with Crippen molar-refractivity contribution < 1.29 is 118 Å². The molecule has 4 aliphatic rings. The zero-order valence-electron chi connectivity index (χ0n) is 39.3. The molecule has 14 nitrogen and oxygen atoms in total. The summed E-state index contributed by atoms with van der Waals surface area (Å²) >= 11 is 0. The molecule has 428 valence electrons. The molecule has 2 aromatic carbocycles. The van der Waals surface area contributed by atoms with Crippen LogP contribution in [0, 0.1) is 0 Å². The monoisotopic (exact) mass is 1130 g/mol. The van der Waals surface area contributed by atoms with Crippen LogP contribution in [-0.2, 0) is 44.5 Å². The van der Waals surface area contributed by atoms with E-state index in [1.165, 1.54) is 12.1 Å². The van der Waals surface area contributed by atoms with Crippen LogP contribution in [0.5, 0.6) is 0 Å². The van der Waals surface area contributed by atoms with Crippen LogP contribution in [0.3, 0.4) is 0 Å². The van der Waals surface area contributed by atoms with Crippen molar-refractivity contribution in [3.8, 4) is 0 Å². The zero-order valence-corrected chi connectivity index (χ0v) is 39.3. The minimum Gasteiger partial charge on any atom is -0.478 e. The summed E-state index contributed by atoms with van der Waals surface area (Å²) in [5.41, 5.74) is 0.532. The van der Waals surface area contributed by atoms with Crippen molar-refractivity contribution in [3.63, 3.8) is 0 Å². The van der Waals surface area contributed by atoms with Gasteiger partial charge in [0.15, 0.2) is 0 Å². The number of rotatable bonds is 10. The molecular weight excluding hydrogens is 1080 g/mol. The normalized spacial score (nSPS) is 17.7. The molecule has 0 saturated carbocycles. The number of alkyl halides is 18. The molecular formula is C44H48F18N6O8. The largest absolute Gasteiger partial charge is 0.478 e. The molecule has 4 heterocycles. The van der Waals surface area contributed by atoms with Crippen molar-refractivity contribution >= 4 is 35.5 Å². The highest BCUT2D eigenvalue weighted by Gasteiger charge is 2.61. The van der Waals surface area contributed by atoms with Crippen molar-refractivity contribution in [1.82, 2.24) is 19.6 Å². The third-order valence-corrected chi connectivity index (χ3v) is 11.8. The summed E-state index contributed by atoms with van der Waals surface area (Å²) in [7, 11) is 0. The van der Waals surface area contributed by atoms with E-state index in [9.17, 15) is 98.2 Å². The van der Waals surface area contributed by atoms with E-state index < -0.39 is 84.5 Å². The Balaban J connectivity index is 0.000000287. The lowest BCUT2D eigenvalue weighted by Gasteiger charge is -2.36. The number of carboxylic acid groups (broad SMARTS) is 2. The molecule has 2 aromatic rings. The molecule has 0 unspecified atom stereocenters. The molecule has 4 saturated heterocycles. The Morgan fingerprint density at radius 3 is 0.961 bits per heavy atom. The van der Waals surface area contributed by atoms with Crippen LogP contribution in [0.4, 0.5) is 100.0 Å². The smallest absolute Gasteiger partial charge is 0.434 e. The van der Waals surface area contributed by atoms with Gasteiger partial charge in [-0.3, -0.25) is 9.80 Å². The summed E-state index contributed by atoms with van der Waals surface area (Å²) in [6, 6.07) is 6.85. The summed E-state index contributed by atoms with van der Waals surface area (Å²) < 4.78 is 238. The first-order valence-electron chi connectivity index (χ1n) is 22.6. The second-order valence-electron chi connectivity index (χ2n) is 17.3. The Morgan fingerprint density at radius 1 is 0.447 bits per heavy atom. The van der Waals surface area contributed by atoms with Gasteiger partial charge in [-0.25, -0.2) is 19.2 Å². The molecule has 6 rings (SSSR count). The van der Waals surface area contributed by atoms with E-state index in [-0.39, 0.29) is 65.4 Å². The quantitative estimate of drug-likeness (QED) is 0.173. The average Bonchev–Trinajstić information content (AvgIpc) is 4.05. The maximum absolute atomic E-state index is 13.2. The lowest BCUT2D eigenvalue weighted by Crippen LogP contribution is -2.52. The SMILES string of the molecule is O=C(O)/C=C/C(=O)O.O=C(OC(C(F)(F)F)C(F)(F)F)N1CCN(Cc2ccc(C(F)(F)F)cc2N2CCCC2)CC1.O=C(OC(C(F)(F)F)C(F)(F)F)N1CCN(Cc2ccc(C(F)(F)F)cc2N2CCCC2)CC1. The van der Waals surface area contributed by atoms with E-state index in [2.05, 4.69) is 9.47 Å². The number of carbonyl (C=O) groups is 4. The zero-order chi connectivity index (χ0) is 57.2. The highest BCUT2D eigenvalue weighted by atomic mass is 19.4. The number of ether oxygens (including phenoxy) is 2. The van der Waals surface area contributed by atoms with Crippen molar-refractivity contribution in [1.29, 1.82) is 0 Å². The Kier molecular flexibility index (Phi) is 20.9. The molecule has 0 atom stereocenters. The third kappa shape index (κ3) is 18.9. The number of carbonyl (C=O) groups excluding carboxylic acids is 2. The number of benzene rings is 2. The highest BCUT2D eigenvalue weighted by Crippen LogP contribution is 2.40. The maximum atomic E-state index is 13.2. The number of hydrogen-bond acceptors (Lipinski definition) is 10. The van der Waals surface area contributed by atoms with Crippen LogP contribution in [0.15, 0.2) is 48.6 Å². The van der Waals surface area contributed by atoms with Gasteiger partial charge in [0.1, 0.15) is 0 Å². The molecule has 32 heteroatoms. The van der Waals surface area contributed by atoms with Crippen molar-refractivity contribution in [3.05, 3.63) is 70.8 Å². The molecule has 0 bridgehead atoms. The lowest BCUT2D eigenvalue weighted by molar-refractivity contribution is -0.309. The van der Waals surface area contributed by atoms with Gasteiger partial charge in [0.05, 0.1) is 11.1 Å². The Labute approximate surface area is 419 Å². The van der Waals surface area contributed by atoms with E-state index in [0.29, 0.717) is 60.8 Å². The molecule has 4 fully saturated rings. The van der Waals surface area contributed by atoms with Gasteiger partial charge < -0.3 is 39.3 Å². The predicted octanol–water partition coefficient (Wildman–Crippen LogP) is 9.82. The van der Waals surface area contributed by atoms with Crippen LogP contribution in [-0.4, -0.2) is 169 Å². The van der Waals surface area contributed by atoms with Gasteiger partial charge in [0.2, 0.25) is 0 Å². The standard InChI is InChI=1S/2C20H22F9N3O2.C4H4O4/c2*21-18(22,23)14-4-3-13(15(11-14)31-5-1-2-6-31)12-30-7-9-32(10-8-30)17(33)34-16(19(24,25)26)20(27,28)29;5-3(6)1-2-4(7)8/h2*3-4,11,16H,1-2,5-10,12H2;1-2H,(H,5,6)(H,7,8)/b;;2-1+. The molecule has 0 radical (unpaired) electrons. The number of anilines is 2. The third-order valence-electron chi connectivity index (χ3n) is 11.8. The number of piperazine rings is 2. The van der Waals surface area contributed by atoms with Crippen LogP contribution in [0.25, 0.3) is 0 Å². The topological polar surface area (TPSA) is 147 Å². The number of amides is 2. The number of hydrogen-bond donors (Lipinski definition) is 2. The molecule has 2 N–H and O–H groups in total. The highest BCUT2D eigenvalue weighted by molar-refractivity contribution is 5.89. The van der Waals surface area contributed by atoms with Gasteiger partial charge in [-0.05, 0) is 61.1 Å². The van der Waals surface area contributed by atoms with E-state index in [1.807, 2.05) is 9.80 Å². The van der Waals surface area contributed by atoms with Gasteiger partial charge >= 0.3 is 61.2 Å². The Morgan fingerprint density at radius 2 is 0.724 bits per heavy atom. The summed E-state index contributed by atoms with van der Waals surface area (Å²) in [5, 5.41) is 15.6. The molecule has 0 spiro atoms. The van der Waals surface area contributed by atoms with Crippen LogP contribution < -0.4 is 9.80 Å².